The highest BCUT2D eigenvalue weighted by Crippen LogP contribution is 2.18. The van der Waals surface area contributed by atoms with Crippen molar-refractivity contribution < 1.29 is 14.3 Å². The van der Waals surface area contributed by atoms with Gasteiger partial charge in [-0.05, 0) is 45.0 Å². The summed E-state index contributed by atoms with van der Waals surface area (Å²) in [4.78, 5) is 11.3. The lowest BCUT2D eigenvalue weighted by Crippen LogP contribution is -2.25. The van der Waals surface area contributed by atoms with Crippen molar-refractivity contribution >= 4 is 22.1 Å². The van der Waals surface area contributed by atoms with E-state index in [1.807, 2.05) is 0 Å². The summed E-state index contributed by atoms with van der Waals surface area (Å²) in [7, 11) is 0. The molecule has 0 bridgehead atoms. The van der Waals surface area contributed by atoms with E-state index in [0.717, 1.165) is 4.47 Å². The Morgan fingerprint density at radius 3 is 2.60 bits per heavy atom. The smallest absolute Gasteiger partial charge is 0.428 e. The molecule has 0 aliphatic heterocycles. The van der Waals surface area contributed by atoms with Gasteiger partial charge in [0.05, 0.1) is 0 Å². The van der Waals surface area contributed by atoms with E-state index in [2.05, 4.69) is 22.0 Å². The molecule has 81 valence electrons. The Morgan fingerprint density at radius 1 is 1.40 bits per heavy atom. The Bertz CT molecular complexity index is 355. The molecule has 0 N–H and O–H groups in total. The maximum atomic E-state index is 11.3. The van der Waals surface area contributed by atoms with Crippen LogP contribution in [-0.4, -0.2) is 11.8 Å². The molecule has 1 aromatic carbocycles. The van der Waals surface area contributed by atoms with E-state index < -0.39 is 11.8 Å². The van der Waals surface area contributed by atoms with Crippen LogP contribution in [-0.2, 0) is 4.74 Å². The minimum absolute atomic E-state index is 0.402. The first-order valence-corrected chi connectivity index (χ1v) is 5.23. The first-order chi connectivity index (χ1) is 6.87. The van der Waals surface area contributed by atoms with Crippen LogP contribution in [0.4, 0.5) is 4.79 Å². The van der Waals surface area contributed by atoms with Crippen molar-refractivity contribution in [1.82, 2.24) is 0 Å². The predicted octanol–water partition coefficient (Wildman–Crippen LogP) is 3.56. The fraction of sp³-hybridized carbons (Fsp3) is 0.364. The minimum Gasteiger partial charge on any atom is -0.428 e. The number of ether oxygens (including phenoxy) is 2. The van der Waals surface area contributed by atoms with E-state index in [9.17, 15) is 4.79 Å². The summed E-state index contributed by atoms with van der Waals surface area (Å²) < 4.78 is 10.7. The van der Waals surface area contributed by atoms with Gasteiger partial charge in [0.2, 0.25) is 0 Å². The van der Waals surface area contributed by atoms with Gasteiger partial charge < -0.3 is 9.47 Å². The molecule has 1 aromatic rings. The molecule has 0 aliphatic carbocycles. The second-order valence-corrected chi connectivity index (χ2v) is 4.87. The number of hydrogen-bond donors (Lipinski definition) is 0. The van der Waals surface area contributed by atoms with Crippen molar-refractivity contribution in [2.24, 2.45) is 0 Å². The Kier molecular flexibility index (Phi) is 3.74. The molecule has 1 radical (unpaired) electrons. The standard InChI is InChI=1S/C11H12BrO3/c1-11(2,3)15-10(13)14-9-6-4-5-8(12)7-9/h5-7H,1-3H3. The fourth-order valence-corrected chi connectivity index (χ4v) is 1.21. The lowest BCUT2D eigenvalue weighted by atomic mass is 10.2. The first kappa shape index (κ1) is 12.0. The monoisotopic (exact) mass is 271 g/mol. The molecule has 0 heterocycles. The normalized spacial score (nSPS) is 10.9. The SMILES string of the molecule is CC(C)(C)OC(=O)Oc1c[c]cc(Br)c1. The van der Waals surface area contributed by atoms with Crippen molar-refractivity contribution in [2.45, 2.75) is 26.4 Å². The molecule has 0 unspecified atom stereocenters. The van der Waals surface area contributed by atoms with Crippen LogP contribution in [0.1, 0.15) is 20.8 Å². The van der Waals surface area contributed by atoms with Crippen LogP contribution in [0, 0.1) is 6.07 Å². The largest absolute Gasteiger partial charge is 0.514 e. The van der Waals surface area contributed by atoms with E-state index in [-0.39, 0.29) is 0 Å². The molecule has 0 aromatic heterocycles. The van der Waals surface area contributed by atoms with Crippen molar-refractivity contribution in [3.8, 4) is 5.75 Å². The zero-order valence-electron chi connectivity index (χ0n) is 8.83. The highest BCUT2D eigenvalue weighted by atomic mass is 79.9. The number of rotatable bonds is 1. The summed E-state index contributed by atoms with van der Waals surface area (Å²) in [5.74, 6) is 0.402. The van der Waals surface area contributed by atoms with Crippen LogP contribution < -0.4 is 4.74 Å². The Balaban J connectivity index is 2.59. The highest BCUT2D eigenvalue weighted by molar-refractivity contribution is 9.10. The average molecular weight is 272 g/mol. The van der Waals surface area contributed by atoms with Gasteiger partial charge in [0.15, 0.2) is 0 Å². The van der Waals surface area contributed by atoms with Crippen LogP contribution in [0.15, 0.2) is 22.7 Å². The summed E-state index contributed by atoms with van der Waals surface area (Å²) in [6.07, 6.45) is -0.714. The third kappa shape index (κ3) is 4.83. The van der Waals surface area contributed by atoms with Crippen LogP contribution in [0.3, 0.4) is 0 Å². The van der Waals surface area contributed by atoms with Crippen LogP contribution >= 0.6 is 15.9 Å². The molecule has 0 saturated heterocycles. The average Bonchev–Trinajstić information content (AvgIpc) is 1.99. The van der Waals surface area contributed by atoms with Gasteiger partial charge in [-0.15, -0.1) is 0 Å². The molecule has 0 amide bonds. The zero-order valence-corrected chi connectivity index (χ0v) is 10.4. The van der Waals surface area contributed by atoms with Gasteiger partial charge in [-0.25, -0.2) is 4.79 Å². The quantitative estimate of drug-likeness (QED) is 0.579. The van der Waals surface area contributed by atoms with Gasteiger partial charge >= 0.3 is 6.16 Å². The van der Waals surface area contributed by atoms with Crippen LogP contribution in [0.5, 0.6) is 5.75 Å². The number of carbonyl (C=O) groups excluding carboxylic acids is 1. The number of hydrogen-bond acceptors (Lipinski definition) is 3. The van der Waals surface area contributed by atoms with Crippen LogP contribution in [0.25, 0.3) is 0 Å². The van der Waals surface area contributed by atoms with E-state index >= 15 is 0 Å². The predicted molar refractivity (Wildman–Crippen MR) is 59.8 cm³/mol. The fourth-order valence-electron chi connectivity index (χ4n) is 0.849. The maximum absolute atomic E-state index is 11.3. The van der Waals surface area contributed by atoms with Crippen molar-refractivity contribution in [1.29, 1.82) is 0 Å². The van der Waals surface area contributed by atoms with Crippen molar-refractivity contribution in [3.05, 3.63) is 28.7 Å². The van der Waals surface area contributed by atoms with Gasteiger partial charge in [-0.3, -0.25) is 0 Å². The van der Waals surface area contributed by atoms with Crippen LogP contribution in [0.2, 0.25) is 0 Å². The van der Waals surface area contributed by atoms with Gasteiger partial charge in [-0.2, -0.15) is 0 Å². The maximum Gasteiger partial charge on any atom is 0.514 e. The number of halogens is 1. The van der Waals surface area contributed by atoms with Crippen molar-refractivity contribution in [2.75, 3.05) is 0 Å². The lowest BCUT2D eigenvalue weighted by Gasteiger charge is -2.18. The molecular weight excluding hydrogens is 260 g/mol. The zero-order chi connectivity index (χ0) is 11.5. The lowest BCUT2D eigenvalue weighted by molar-refractivity contribution is 0.0206. The van der Waals surface area contributed by atoms with Crippen molar-refractivity contribution in [3.63, 3.8) is 0 Å². The number of carbonyl (C=O) groups is 1. The summed E-state index contributed by atoms with van der Waals surface area (Å²) in [6, 6.07) is 7.77. The van der Waals surface area contributed by atoms with E-state index in [1.54, 1.807) is 39.0 Å². The summed E-state index contributed by atoms with van der Waals surface area (Å²) in [6.45, 7) is 5.34. The Morgan fingerprint density at radius 2 is 2.07 bits per heavy atom. The molecule has 15 heavy (non-hydrogen) atoms. The molecule has 0 atom stereocenters. The minimum atomic E-state index is -0.714. The number of benzene rings is 1. The van der Waals surface area contributed by atoms with Gasteiger partial charge in [0.1, 0.15) is 11.4 Å². The molecule has 0 aliphatic rings. The molecule has 0 spiro atoms. The molecular formula is C11H12BrO3. The van der Waals surface area contributed by atoms with E-state index in [1.165, 1.54) is 0 Å². The summed E-state index contributed by atoms with van der Waals surface area (Å²) in [5, 5.41) is 0. The third-order valence-corrected chi connectivity index (χ3v) is 1.78. The Labute approximate surface area is 97.5 Å². The molecule has 0 saturated carbocycles. The third-order valence-electron chi connectivity index (χ3n) is 1.32. The molecule has 4 heteroatoms. The van der Waals surface area contributed by atoms with Gasteiger partial charge in [0, 0.05) is 4.47 Å². The van der Waals surface area contributed by atoms with E-state index in [4.69, 9.17) is 9.47 Å². The Hall–Kier alpha value is -1.03. The second kappa shape index (κ2) is 4.66. The van der Waals surface area contributed by atoms with Gasteiger partial charge in [-0.1, -0.05) is 15.9 Å². The molecule has 3 nitrogen and oxygen atoms in total. The highest BCUT2D eigenvalue weighted by Gasteiger charge is 2.17. The second-order valence-electron chi connectivity index (χ2n) is 3.95. The summed E-state index contributed by atoms with van der Waals surface area (Å²) in [5.41, 5.74) is -0.549. The first-order valence-electron chi connectivity index (χ1n) is 4.44. The molecule has 1 rings (SSSR count). The summed E-state index contributed by atoms with van der Waals surface area (Å²) >= 11 is 3.25. The van der Waals surface area contributed by atoms with E-state index in [0.29, 0.717) is 5.75 Å². The van der Waals surface area contributed by atoms with Gasteiger partial charge in [0.25, 0.3) is 0 Å². The topological polar surface area (TPSA) is 35.5 Å². The molecule has 0 fully saturated rings.